The van der Waals surface area contributed by atoms with Crippen molar-refractivity contribution < 1.29 is 4.42 Å². The first kappa shape index (κ1) is 10.7. The maximum Gasteiger partial charge on any atom is 0.180 e. The van der Waals surface area contributed by atoms with Crippen LogP contribution in [-0.2, 0) is 13.0 Å². The Morgan fingerprint density at radius 3 is 3.06 bits per heavy atom. The molecule has 0 saturated heterocycles. The number of nitrogens with zero attached hydrogens (tertiary/aromatic N) is 2. The first-order valence-corrected chi connectivity index (χ1v) is 5.63. The highest BCUT2D eigenvalue weighted by Crippen LogP contribution is 2.11. The van der Waals surface area contributed by atoms with Crippen LogP contribution in [0.3, 0.4) is 0 Å². The third-order valence-corrected chi connectivity index (χ3v) is 2.67. The highest BCUT2D eigenvalue weighted by molar-refractivity contribution is 7.13. The lowest BCUT2D eigenvalue weighted by Crippen LogP contribution is -2.15. The molecule has 84 valence electrons. The molecule has 0 radical (unpaired) electrons. The van der Waals surface area contributed by atoms with Gasteiger partial charge in [0.1, 0.15) is 11.6 Å². The van der Waals surface area contributed by atoms with E-state index in [-0.39, 0.29) is 0 Å². The van der Waals surface area contributed by atoms with E-state index in [1.165, 1.54) is 11.3 Å². The molecule has 0 saturated carbocycles. The molecular formula is C10H12N4OS. The van der Waals surface area contributed by atoms with Crippen LogP contribution in [0.1, 0.15) is 11.5 Å². The van der Waals surface area contributed by atoms with Crippen molar-refractivity contribution >= 4 is 22.3 Å². The topological polar surface area (TPSA) is 90.4 Å². The first-order valence-electron chi connectivity index (χ1n) is 4.75. The minimum absolute atomic E-state index is 0.457. The van der Waals surface area contributed by atoms with E-state index in [1.807, 2.05) is 17.5 Å². The fraction of sp³-hybridized carbons (Fsp3) is 0.200. The summed E-state index contributed by atoms with van der Waals surface area (Å²) < 4.78 is 5.14. The van der Waals surface area contributed by atoms with Crippen molar-refractivity contribution in [3.8, 4) is 0 Å². The van der Waals surface area contributed by atoms with Gasteiger partial charge in [-0.25, -0.2) is 4.98 Å². The Balaban J connectivity index is 1.92. The largest absolute Gasteiger partial charge is 0.467 e. The van der Waals surface area contributed by atoms with Crippen LogP contribution in [0.5, 0.6) is 0 Å². The molecule has 16 heavy (non-hydrogen) atoms. The Morgan fingerprint density at radius 1 is 1.56 bits per heavy atom. The quantitative estimate of drug-likeness (QED) is 0.620. The highest BCUT2D eigenvalue weighted by Gasteiger charge is 2.01. The van der Waals surface area contributed by atoms with Gasteiger partial charge in [-0.2, -0.15) is 0 Å². The minimum atomic E-state index is 0.457. The highest BCUT2D eigenvalue weighted by atomic mass is 32.1. The van der Waals surface area contributed by atoms with E-state index in [1.54, 1.807) is 6.26 Å². The van der Waals surface area contributed by atoms with Crippen molar-refractivity contribution in [1.29, 1.82) is 0 Å². The predicted octanol–water partition coefficient (Wildman–Crippen LogP) is 1.42. The van der Waals surface area contributed by atoms with Crippen molar-refractivity contribution in [1.82, 2.24) is 4.98 Å². The molecule has 0 amide bonds. The number of aliphatic imine (C=N–C) groups is 1. The average molecular weight is 236 g/mol. The van der Waals surface area contributed by atoms with E-state index in [2.05, 4.69) is 9.98 Å². The molecule has 2 heterocycles. The average Bonchev–Trinajstić information content (AvgIpc) is 2.87. The maximum absolute atomic E-state index is 5.76. The van der Waals surface area contributed by atoms with Crippen molar-refractivity contribution in [2.75, 3.05) is 5.73 Å². The van der Waals surface area contributed by atoms with Crippen LogP contribution in [0.25, 0.3) is 0 Å². The van der Waals surface area contributed by atoms with Crippen molar-refractivity contribution in [3.63, 3.8) is 0 Å². The summed E-state index contributed by atoms with van der Waals surface area (Å²) in [5.41, 5.74) is 12.1. The fourth-order valence-electron chi connectivity index (χ4n) is 1.23. The first-order chi connectivity index (χ1) is 7.74. The van der Waals surface area contributed by atoms with E-state index in [0.29, 0.717) is 23.9 Å². The number of thiazole rings is 1. The summed E-state index contributed by atoms with van der Waals surface area (Å²) in [6.07, 6.45) is 2.14. The van der Waals surface area contributed by atoms with Crippen molar-refractivity contribution in [2.24, 2.45) is 10.7 Å². The summed E-state index contributed by atoms with van der Waals surface area (Å²) >= 11 is 1.40. The van der Waals surface area contributed by atoms with Crippen LogP contribution >= 0.6 is 11.3 Å². The van der Waals surface area contributed by atoms with Gasteiger partial charge in [-0.15, -0.1) is 11.3 Å². The smallest absolute Gasteiger partial charge is 0.180 e. The predicted molar refractivity (Wildman–Crippen MR) is 64.3 cm³/mol. The summed E-state index contributed by atoms with van der Waals surface area (Å²) in [4.78, 5) is 8.30. The van der Waals surface area contributed by atoms with Gasteiger partial charge < -0.3 is 15.9 Å². The molecule has 4 N–H and O–H groups in total. The van der Waals surface area contributed by atoms with Crippen LogP contribution in [0, 0.1) is 0 Å². The molecule has 0 aromatic carbocycles. The van der Waals surface area contributed by atoms with Gasteiger partial charge in [0.25, 0.3) is 0 Å². The SMILES string of the molecule is NC(Cc1csc(N)n1)=NCc1ccco1. The van der Waals surface area contributed by atoms with Crippen molar-refractivity contribution in [3.05, 3.63) is 35.2 Å². The Hall–Kier alpha value is -1.82. The van der Waals surface area contributed by atoms with Gasteiger partial charge in [0.2, 0.25) is 0 Å². The number of nitrogens with two attached hydrogens (primary N) is 2. The molecule has 0 aliphatic heterocycles. The Kier molecular flexibility index (Phi) is 3.21. The zero-order valence-corrected chi connectivity index (χ0v) is 9.41. The monoisotopic (exact) mass is 236 g/mol. The summed E-state index contributed by atoms with van der Waals surface area (Å²) in [5.74, 6) is 1.32. The number of aromatic nitrogens is 1. The Bertz CT molecular complexity index is 475. The second-order valence-corrected chi connectivity index (χ2v) is 4.13. The van der Waals surface area contributed by atoms with Crippen LogP contribution in [-0.4, -0.2) is 10.8 Å². The second-order valence-electron chi connectivity index (χ2n) is 3.24. The lowest BCUT2D eigenvalue weighted by atomic mass is 10.3. The van der Waals surface area contributed by atoms with Gasteiger partial charge in [0.15, 0.2) is 5.13 Å². The standard InChI is InChI=1S/C10H12N4OS/c11-9(4-7-6-16-10(12)14-7)13-5-8-2-1-3-15-8/h1-3,6H,4-5H2,(H2,11,13)(H2,12,14). The normalized spacial score (nSPS) is 11.9. The molecule has 5 nitrogen and oxygen atoms in total. The number of amidine groups is 1. The molecule has 2 aromatic rings. The van der Waals surface area contributed by atoms with E-state index < -0.39 is 0 Å². The van der Waals surface area contributed by atoms with Crippen LogP contribution < -0.4 is 11.5 Å². The van der Waals surface area contributed by atoms with Crippen LogP contribution in [0.15, 0.2) is 33.2 Å². The van der Waals surface area contributed by atoms with Gasteiger partial charge >= 0.3 is 0 Å². The molecular weight excluding hydrogens is 224 g/mol. The van der Waals surface area contributed by atoms with E-state index in [9.17, 15) is 0 Å². The lowest BCUT2D eigenvalue weighted by molar-refractivity contribution is 0.512. The van der Waals surface area contributed by atoms with Crippen LogP contribution in [0.4, 0.5) is 5.13 Å². The zero-order chi connectivity index (χ0) is 11.4. The summed E-state index contributed by atoms with van der Waals surface area (Å²) in [6.45, 7) is 0.457. The minimum Gasteiger partial charge on any atom is -0.467 e. The number of furan rings is 1. The molecule has 0 bridgehead atoms. The molecule has 0 atom stereocenters. The van der Waals surface area contributed by atoms with E-state index in [0.717, 1.165) is 11.5 Å². The zero-order valence-electron chi connectivity index (χ0n) is 8.59. The molecule has 0 aliphatic carbocycles. The summed E-state index contributed by atoms with van der Waals surface area (Å²) in [7, 11) is 0. The number of hydrogen-bond donors (Lipinski definition) is 2. The summed E-state index contributed by atoms with van der Waals surface area (Å²) in [6, 6.07) is 3.68. The number of nitrogen functional groups attached to an aromatic ring is 1. The number of anilines is 1. The molecule has 2 rings (SSSR count). The Morgan fingerprint density at radius 2 is 2.44 bits per heavy atom. The molecule has 6 heteroatoms. The van der Waals surface area contributed by atoms with Gasteiger partial charge in [0.05, 0.1) is 18.5 Å². The second kappa shape index (κ2) is 4.80. The molecule has 2 aromatic heterocycles. The van der Waals surface area contributed by atoms with Crippen LogP contribution in [0.2, 0.25) is 0 Å². The maximum atomic E-state index is 5.76. The van der Waals surface area contributed by atoms with Crippen molar-refractivity contribution in [2.45, 2.75) is 13.0 Å². The van der Waals surface area contributed by atoms with Gasteiger partial charge in [-0.05, 0) is 12.1 Å². The Labute approximate surface area is 96.8 Å². The van der Waals surface area contributed by atoms with Gasteiger partial charge in [0, 0.05) is 11.8 Å². The fourth-order valence-corrected chi connectivity index (χ4v) is 1.79. The lowest BCUT2D eigenvalue weighted by Gasteiger charge is -1.96. The summed E-state index contributed by atoms with van der Waals surface area (Å²) in [5, 5.41) is 2.43. The third kappa shape index (κ3) is 2.83. The van der Waals surface area contributed by atoms with E-state index >= 15 is 0 Å². The number of rotatable bonds is 4. The van der Waals surface area contributed by atoms with Gasteiger partial charge in [-0.3, -0.25) is 4.99 Å². The van der Waals surface area contributed by atoms with Gasteiger partial charge in [-0.1, -0.05) is 0 Å². The van der Waals surface area contributed by atoms with E-state index in [4.69, 9.17) is 15.9 Å². The number of hydrogen-bond acceptors (Lipinski definition) is 5. The molecule has 0 aliphatic rings. The molecule has 0 spiro atoms. The molecule has 0 unspecified atom stereocenters. The third-order valence-electron chi connectivity index (χ3n) is 1.95. The molecule has 0 fully saturated rings.